The van der Waals surface area contributed by atoms with E-state index in [4.69, 9.17) is 4.74 Å². The van der Waals surface area contributed by atoms with Crippen LogP contribution in [0.2, 0.25) is 0 Å². The fourth-order valence-electron chi connectivity index (χ4n) is 3.20. The first-order valence-electron chi connectivity index (χ1n) is 5.94. The average Bonchev–Trinajstić information content (AvgIpc) is 2.87. The van der Waals surface area contributed by atoms with Crippen LogP contribution in [0.25, 0.3) is 0 Å². The molecule has 0 unspecified atom stereocenters. The van der Waals surface area contributed by atoms with Crippen molar-refractivity contribution in [1.82, 2.24) is 0 Å². The Morgan fingerprint density at radius 3 is 1.71 bits per heavy atom. The fourth-order valence-corrected chi connectivity index (χ4v) is 3.20. The lowest BCUT2D eigenvalue weighted by Crippen LogP contribution is -2.29. The molecule has 0 amide bonds. The summed E-state index contributed by atoms with van der Waals surface area (Å²) in [5, 5.41) is 0. The number of carbonyl (C=O) groups excluding carboxylic acids is 1. The van der Waals surface area contributed by atoms with Crippen LogP contribution in [0.15, 0.2) is 0 Å². The summed E-state index contributed by atoms with van der Waals surface area (Å²) >= 11 is 0. The van der Waals surface area contributed by atoms with Gasteiger partial charge in [0.05, 0.1) is 0 Å². The normalized spacial score (nSPS) is 24.6. The molecule has 0 saturated heterocycles. The number of ether oxygens (including phenoxy) is 1. The molecule has 14 heavy (non-hydrogen) atoms. The van der Waals surface area contributed by atoms with Crippen molar-refractivity contribution in [1.29, 1.82) is 0 Å². The summed E-state index contributed by atoms with van der Waals surface area (Å²) in [4.78, 5) is 10.4. The fraction of sp³-hybridized carbons (Fsp3) is 0.917. The van der Waals surface area contributed by atoms with E-state index in [1.165, 1.54) is 51.4 Å². The first-order valence-corrected chi connectivity index (χ1v) is 5.94. The summed E-state index contributed by atoms with van der Waals surface area (Å²) in [5.41, 5.74) is 0. The summed E-state index contributed by atoms with van der Waals surface area (Å²) in [6.45, 7) is 1.67. The van der Waals surface area contributed by atoms with Gasteiger partial charge in [-0.1, -0.05) is 25.7 Å². The van der Waals surface area contributed by atoms with Crippen molar-refractivity contribution in [3.63, 3.8) is 0 Å². The Labute approximate surface area is 86.0 Å². The van der Waals surface area contributed by atoms with Gasteiger partial charge in [-0.05, 0) is 37.5 Å². The highest BCUT2D eigenvalue weighted by molar-refractivity contribution is 5.38. The molecule has 0 aliphatic heterocycles. The smallest absolute Gasteiger partial charge is 0.417 e. The number of hydrogen-bond acceptors (Lipinski definition) is 2. The minimum Gasteiger partial charge on any atom is -0.453 e. The van der Waals surface area contributed by atoms with Crippen LogP contribution in [0.1, 0.15) is 51.4 Å². The predicted molar refractivity (Wildman–Crippen MR) is 54.5 cm³/mol. The molecule has 2 aliphatic carbocycles. The third-order valence-corrected chi connectivity index (χ3v) is 3.91. The molecule has 2 saturated carbocycles. The van der Waals surface area contributed by atoms with E-state index in [-0.39, 0.29) is 6.10 Å². The van der Waals surface area contributed by atoms with Crippen LogP contribution < -0.4 is 0 Å². The molecule has 0 atom stereocenters. The van der Waals surface area contributed by atoms with E-state index >= 15 is 0 Å². The zero-order chi connectivity index (χ0) is 9.80. The van der Waals surface area contributed by atoms with Gasteiger partial charge in [0, 0.05) is 0 Å². The minimum absolute atomic E-state index is 0.192. The van der Waals surface area contributed by atoms with Gasteiger partial charge in [-0.15, -0.1) is 0 Å². The molecular formula is C12H19O2. The Hall–Kier alpha value is -0.530. The number of hydrogen-bond donors (Lipinski definition) is 0. The largest absolute Gasteiger partial charge is 0.453 e. The summed E-state index contributed by atoms with van der Waals surface area (Å²) in [5.74, 6) is 1.28. The Balaban J connectivity index is 1.94. The van der Waals surface area contributed by atoms with E-state index in [1.807, 2.05) is 0 Å². The van der Waals surface area contributed by atoms with Crippen LogP contribution in [0.4, 0.5) is 0 Å². The Kier molecular flexibility index (Phi) is 3.44. The monoisotopic (exact) mass is 195 g/mol. The van der Waals surface area contributed by atoms with Crippen molar-refractivity contribution in [3.05, 3.63) is 0 Å². The second-order valence-electron chi connectivity index (χ2n) is 4.75. The highest BCUT2D eigenvalue weighted by atomic mass is 16.5. The number of rotatable bonds is 4. The van der Waals surface area contributed by atoms with E-state index in [1.54, 1.807) is 6.47 Å². The van der Waals surface area contributed by atoms with E-state index in [9.17, 15) is 4.79 Å². The second-order valence-corrected chi connectivity index (χ2v) is 4.75. The van der Waals surface area contributed by atoms with Gasteiger partial charge in [-0.25, -0.2) is 4.79 Å². The molecule has 0 aromatic carbocycles. The van der Waals surface area contributed by atoms with Crippen molar-refractivity contribution in [2.75, 3.05) is 0 Å². The molecule has 1 radical (unpaired) electrons. The summed E-state index contributed by atoms with van der Waals surface area (Å²) < 4.78 is 5.20. The third-order valence-electron chi connectivity index (χ3n) is 3.91. The van der Waals surface area contributed by atoms with Crippen molar-refractivity contribution in [2.24, 2.45) is 11.8 Å². The maximum absolute atomic E-state index is 10.4. The van der Waals surface area contributed by atoms with Gasteiger partial charge in [-0.2, -0.15) is 0 Å². The van der Waals surface area contributed by atoms with Gasteiger partial charge >= 0.3 is 6.47 Å². The summed E-state index contributed by atoms with van der Waals surface area (Å²) in [6, 6.07) is 0. The maximum Gasteiger partial charge on any atom is 0.417 e. The maximum atomic E-state index is 10.4. The highest BCUT2D eigenvalue weighted by Gasteiger charge is 2.34. The molecule has 79 valence electrons. The molecule has 0 bridgehead atoms. The highest BCUT2D eigenvalue weighted by Crippen LogP contribution is 2.38. The first-order chi connectivity index (χ1) is 6.92. The van der Waals surface area contributed by atoms with Crippen molar-refractivity contribution >= 4 is 6.47 Å². The van der Waals surface area contributed by atoms with Crippen molar-refractivity contribution < 1.29 is 9.53 Å². The minimum atomic E-state index is 0.192. The molecular weight excluding hydrogens is 176 g/mol. The first kappa shape index (κ1) is 10.0. The molecule has 0 N–H and O–H groups in total. The predicted octanol–water partition coefficient (Wildman–Crippen LogP) is 2.82. The topological polar surface area (TPSA) is 26.3 Å². The molecule has 2 fully saturated rings. The van der Waals surface area contributed by atoms with Crippen LogP contribution in [-0.4, -0.2) is 12.6 Å². The van der Waals surface area contributed by atoms with Gasteiger partial charge < -0.3 is 4.74 Å². The van der Waals surface area contributed by atoms with Crippen LogP contribution in [-0.2, 0) is 9.53 Å². The lowest BCUT2D eigenvalue weighted by atomic mass is 9.88. The van der Waals surface area contributed by atoms with Gasteiger partial charge in [0.1, 0.15) is 6.10 Å². The van der Waals surface area contributed by atoms with Crippen LogP contribution in [0, 0.1) is 11.8 Å². The molecule has 2 aliphatic rings. The Bertz CT molecular complexity index is 163. The molecule has 0 heterocycles. The Morgan fingerprint density at radius 2 is 1.36 bits per heavy atom. The second kappa shape index (κ2) is 4.81. The molecule has 0 aromatic rings. The van der Waals surface area contributed by atoms with Gasteiger partial charge in [0.15, 0.2) is 0 Å². The lowest BCUT2D eigenvalue weighted by molar-refractivity contribution is 0.0635. The third kappa shape index (κ3) is 2.10. The quantitative estimate of drug-likeness (QED) is 0.689. The van der Waals surface area contributed by atoms with Crippen LogP contribution in [0.3, 0.4) is 0 Å². The van der Waals surface area contributed by atoms with E-state index in [0.717, 1.165) is 0 Å². The van der Waals surface area contributed by atoms with Crippen molar-refractivity contribution in [3.8, 4) is 0 Å². The van der Waals surface area contributed by atoms with Crippen molar-refractivity contribution in [2.45, 2.75) is 57.5 Å². The molecule has 0 spiro atoms. The molecule has 0 aromatic heterocycles. The molecule has 2 heteroatoms. The van der Waals surface area contributed by atoms with Crippen LogP contribution in [0.5, 0.6) is 0 Å². The summed E-state index contributed by atoms with van der Waals surface area (Å²) in [6.07, 6.45) is 10.5. The summed E-state index contributed by atoms with van der Waals surface area (Å²) in [7, 11) is 0. The SMILES string of the molecule is O=[C]OC(C1CCCC1)C1CCCC1. The lowest BCUT2D eigenvalue weighted by Gasteiger charge is -2.26. The molecule has 2 rings (SSSR count). The zero-order valence-electron chi connectivity index (χ0n) is 8.71. The standard InChI is InChI=1S/C12H19O2/c13-9-14-12(10-5-1-2-6-10)11-7-3-4-8-11/h10-12H,1-8H2. The zero-order valence-corrected chi connectivity index (χ0v) is 8.71. The molecule has 2 nitrogen and oxygen atoms in total. The van der Waals surface area contributed by atoms with E-state index in [0.29, 0.717) is 11.8 Å². The average molecular weight is 195 g/mol. The van der Waals surface area contributed by atoms with Gasteiger partial charge in [0.25, 0.3) is 0 Å². The van der Waals surface area contributed by atoms with E-state index < -0.39 is 0 Å². The van der Waals surface area contributed by atoms with E-state index in [2.05, 4.69) is 0 Å². The van der Waals surface area contributed by atoms with Gasteiger partial charge in [-0.3, -0.25) is 0 Å². The van der Waals surface area contributed by atoms with Gasteiger partial charge in [0.2, 0.25) is 0 Å². The Morgan fingerprint density at radius 1 is 0.929 bits per heavy atom. The van der Waals surface area contributed by atoms with Crippen LogP contribution >= 0.6 is 0 Å².